The summed E-state index contributed by atoms with van der Waals surface area (Å²) in [6.07, 6.45) is 5.88. The van der Waals surface area contributed by atoms with Crippen LogP contribution in [0.3, 0.4) is 0 Å². The normalized spacial score (nSPS) is 18.4. The summed E-state index contributed by atoms with van der Waals surface area (Å²) in [5.41, 5.74) is 4.24. The molecule has 1 fully saturated rings. The number of carbonyl (C=O) groups is 1. The highest BCUT2D eigenvalue weighted by Gasteiger charge is 2.32. The number of pyridine rings is 1. The first-order valence-electron chi connectivity index (χ1n) is 10.5. The Morgan fingerprint density at radius 1 is 1.20 bits per heavy atom. The van der Waals surface area contributed by atoms with Gasteiger partial charge in [0.1, 0.15) is 5.82 Å². The van der Waals surface area contributed by atoms with Crippen molar-refractivity contribution >= 4 is 33.9 Å². The molecule has 0 saturated carbocycles. The zero-order valence-electron chi connectivity index (χ0n) is 17.0. The zero-order valence-corrected chi connectivity index (χ0v) is 17.9. The van der Waals surface area contributed by atoms with Crippen molar-refractivity contribution in [1.82, 2.24) is 14.9 Å². The molecule has 3 aromatic rings. The standard InChI is InChI=1S/C23H25N5OS/c1-27-12-3-5-16-15-17(9-10-19(16)27)22(29)28-13-4-7-20(28)18-6-2-8-21(25-18)26-23-24-11-14-30-23/h2,6,8-11,14-15,20H,3-5,7,12-13H2,1H3,(H,24,25,26)/t20-/m1/s1. The number of aryl methyl sites for hydroxylation is 1. The molecule has 1 saturated heterocycles. The van der Waals surface area contributed by atoms with Crippen LogP contribution in [0.25, 0.3) is 0 Å². The van der Waals surface area contributed by atoms with Crippen LogP contribution in [0.2, 0.25) is 0 Å². The van der Waals surface area contributed by atoms with Crippen molar-refractivity contribution in [3.8, 4) is 0 Å². The van der Waals surface area contributed by atoms with Crippen LogP contribution in [0.1, 0.15) is 46.9 Å². The minimum absolute atomic E-state index is 0.00857. The van der Waals surface area contributed by atoms with Gasteiger partial charge in [0.2, 0.25) is 0 Å². The molecule has 1 amide bonds. The van der Waals surface area contributed by atoms with Gasteiger partial charge in [0.05, 0.1) is 11.7 Å². The number of aromatic nitrogens is 2. The number of amides is 1. The largest absolute Gasteiger partial charge is 0.374 e. The monoisotopic (exact) mass is 419 g/mol. The Morgan fingerprint density at radius 2 is 2.13 bits per heavy atom. The van der Waals surface area contributed by atoms with Crippen LogP contribution in [0.15, 0.2) is 48.0 Å². The van der Waals surface area contributed by atoms with Gasteiger partial charge in [-0.1, -0.05) is 6.07 Å². The Morgan fingerprint density at radius 3 is 3.00 bits per heavy atom. The molecule has 0 bridgehead atoms. The van der Waals surface area contributed by atoms with E-state index >= 15 is 0 Å². The number of hydrogen-bond donors (Lipinski definition) is 1. The zero-order chi connectivity index (χ0) is 20.5. The fraction of sp³-hybridized carbons (Fsp3) is 0.348. The van der Waals surface area contributed by atoms with E-state index in [0.717, 1.165) is 61.0 Å². The fourth-order valence-electron chi connectivity index (χ4n) is 4.50. The van der Waals surface area contributed by atoms with Crippen molar-refractivity contribution in [3.63, 3.8) is 0 Å². The van der Waals surface area contributed by atoms with E-state index in [1.54, 1.807) is 6.20 Å². The van der Waals surface area contributed by atoms with Gasteiger partial charge in [0, 0.05) is 43.0 Å². The molecule has 1 atom stereocenters. The lowest BCUT2D eigenvalue weighted by Gasteiger charge is -2.29. The van der Waals surface area contributed by atoms with E-state index in [4.69, 9.17) is 4.98 Å². The maximum absolute atomic E-state index is 13.4. The molecule has 0 unspecified atom stereocenters. The Bertz CT molecular complexity index is 1050. The number of likely N-dealkylation sites (tertiary alicyclic amines) is 1. The maximum atomic E-state index is 13.4. The van der Waals surface area contributed by atoms with Crippen LogP contribution in [0.5, 0.6) is 0 Å². The molecule has 2 aliphatic rings. The molecule has 6 nitrogen and oxygen atoms in total. The summed E-state index contributed by atoms with van der Waals surface area (Å²) in [7, 11) is 2.12. The number of carbonyl (C=O) groups excluding carboxylic acids is 1. The van der Waals surface area contributed by atoms with E-state index in [1.165, 1.54) is 22.6 Å². The predicted octanol–water partition coefficient (Wildman–Crippen LogP) is 4.64. The second kappa shape index (κ2) is 8.07. The molecular weight excluding hydrogens is 394 g/mol. The van der Waals surface area contributed by atoms with Gasteiger partial charge in [0.25, 0.3) is 5.91 Å². The number of nitrogens with one attached hydrogen (secondary N) is 1. The summed E-state index contributed by atoms with van der Waals surface area (Å²) in [5, 5.41) is 6.00. The summed E-state index contributed by atoms with van der Waals surface area (Å²) in [5.74, 6) is 0.868. The molecule has 1 N–H and O–H groups in total. The smallest absolute Gasteiger partial charge is 0.254 e. The second-order valence-electron chi connectivity index (χ2n) is 7.94. The molecule has 0 spiro atoms. The highest BCUT2D eigenvalue weighted by atomic mass is 32.1. The Hall–Kier alpha value is -2.93. The minimum Gasteiger partial charge on any atom is -0.374 e. The first-order chi connectivity index (χ1) is 14.7. The van der Waals surface area contributed by atoms with Gasteiger partial charge < -0.3 is 15.1 Å². The average Bonchev–Trinajstić information content (AvgIpc) is 3.45. The lowest BCUT2D eigenvalue weighted by Crippen LogP contribution is -2.31. The molecule has 0 aliphatic carbocycles. The van der Waals surface area contributed by atoms with Crippen molar-refractivity contribution in [3.05, 3.63) is 64.8 Å². The average molecular weight is 420 g/mol. The lowest BCUT2D eigenvalue weighted by atomic mass is 9.99. The molecule has 4 heterocycles. The van der Waals surface area contributed by atoms with Crippen LogP contribution in [0.4, 0.5) is 16.6 Å². The number of thiazole rings is 1. The van der Waals surface area contributed by atoms with E-state index in [0.29, 0.717) is 0 Å². The first kappa shape index (κ1) is 19.1. The molecule has 154 valence electrons. The van der Waals surface area contributed by atoms with Gasteiger partial charge in [-0.2, -0.15) is 0 Å². The molecule has 7 heteroatoms. The van der Waals surface area contributed by atoms with Crippen molar-refractivity contribution < 1.29 is 4.79 Å². The quantitative estimate of drug-likeness (QED) is 0.667. The van der Waals surface area contributed by atoms with E-state index in [9.17, 15) is 4.79 Å². The minimum atomic E-state index is 0.00857. The number of benzene rings is 1. The van der Waals surface area contributed by atoms with Crippen molar-refractivity contribution in [1.29, 1.82) is 0 Å². The highest BCUT2D eigenvalue weighted by molar-refractivity contribution is 7.13. The molecular formula is C23H25N5OS. The molecule has 30 heavy (non-hydrogen) atoms. The van der Waals surface area contributed by atoms with Crippen LogP contribution in [0, 0.1) is 0 Å². The van der Waals surface area contributed by atoms with E-state index < -0.39 is 0 Å². The number of anilines is 3. The molecule has 2 aliphatic heterocycles. The molecule has 5 rings (SSSR count). The van der Waals surface area contributed by atoms with Crippen molar-refractivity contribution in [2.45, 2.75) is 31.7 Å². The van der Waals surface area contributed by atoms with E-state index in [2.05, 4.69) is 34.4 Å². The molecule has 2 aromatic heterocycles. The Labute approximate surface area is 180 Å². The summed E-state index contributed by atoms with van der Waals surface area (Å²) >= 11 is 1.54. The van der Waals surface area contributed by atoms with E-state index in [1.807, 2.05) is 34.5 Å². The number of fused-ring (bicyclic) bond motifs is 1. The van der Waals surface area contributed by atoms with Crippen LogP contribution >= 0.6 is 11.3 Å². The summed E-state index contributed by atoms with van der Waals surface area (Å²) < 4.78 is 0. The summed E-state index contributed by atoms with van der Waals surface area (Å²) in [6.45, 7) is 1.85. The third-order valence-electron chi connectivity index (χ3n) is 5.97. The third kappa shape index (κ3) is 3.65. The second-order valence-corrected chi connectivity index (χ2v) is 8.83. The maximum Gasteiger partial charge on any atom is 0.254 e. The number of nitrogens with zero attached hydrogens (tertiary/aromatic N) is 4. The van der Waals surface area contributed by atoms with E-state index in [-0.39, 0.29) is 11.9 Å². The first-order valence-corrected chi connectivity index (χ1v) is 11.4. The Balaban J connectivity index is 1.38. The fourth-order valence-corrected chi connectivity index (χ4v) is 5.04. The lowest BCUT2D eigenvalue weighted by molar-refractivity contribution is 0.0733. The third-order valence-corrected chi connectivity index (χ3v) is 6.66. The Kier molecular flexibility index (Phi) is 5.12. The number of rotatable bonds is 4. The SMILES string of the molecule is CN1CCCc2cc(C(=O)N3CCC[C@@H]3c3cccc(Nc4nccs4)n3)ccc21. The van der Waals surface area contributed by atoms with Gasteiger partial charge in [-0.15, -0.1) is 11.3 Å². The summed E-state index contributed by atoms with van der Waals surface area (Å²) in [6, 6.07) is 12.1. The topological polar surface area (TPSA) is 61.4 Å². The van der Waals surface area contributed by atoms with Crippen LogP contribution in [-0.4, -0.2) is 40.9 Å². The van der Waals surface area contributed by atoms with Gasteiger partial charge in [0.15, 0.2) is 5.13 Å². The van der Waals surface area contributed by atoms with Crippen molar-refractivity contribution in [2.75, 3.05) is 30.4 Å². The van der Waals surface area contributed by atoms with Crippen LogP contribution < -0.4 is 10.2 Å². The molecule has 0 radical (unpaired) electrons. The highest BCUT2D eigenvalue weighted by Crippen LogP contribution is 2.34. The molecule has 1 aromatic carbocycles. The summed E-state index contributed by atoms with van der Waals surface area (Å²) in [4.78, 5) is 26.7. The van der Waals surface area contributed by atoms with Gasteiger partial charge in [-0.3, -0.25) is 4.79 Å². The predicted molar refractivity (Wildman–Crippen MR) is 121 cm³/mol. The van der Waals surface area contributed by atoms with Gasteiger partial charge in [-0.25, -0.2) is 9.97 Å². The van der Waals surface area contributed by atoms with Crippen molar-refractivity contribution in [2.24, 2.45) is 0 Å². The number of hydrogen-bond acceptors (Lipinski definition) is 6. The van der Waals surface area contributed by atoms with Crippen LogP contribution in [-0.2, 0) is 6.42 Å². The van der Waals surface area contributed by atoms with Gasteiger partial charge >= 0.3 is 0 Å². The van der Waals surface area contributed by atoms with Gasteiger partial charge in [-0.05, 0) is 61.6 Å².